The molecule has 0 atom stereocenters. The van der Waals surface area contributed by atoms with Crippen molar-refractivity contribution in [3.05, 3.63) is 80.2 Å². The number of ether oxygens (including phenoxy) is 4. The Hall–Kier alpha value is -3.27. The van der Waals surface area contributed by atoms with Crippen LogP contribution in [0.1, 0.15) is 15.9 Å². The maximum Gasteiger partial charge on any atom is 0.343 e. The highest BCUT2D eigenvalue weighted by Crippen LogP contribution is 2.31. The molecular weight excluding hydrogens is 563 g/mol. The Labute approximate surface area is 219 Å². The summed E-state index contributed by atoms with van der Waals surface area (Å²) in [5, 5.41) is 4.43. The summed E-state index contributed by atoms with van der Waals surface area (Å²) < 4.78 is 22.0. The number of amides is 1. The number of carbonyl (C=O) groups is 2. The first-order chi connectivity index (χ1) is 16.8. The molecule has 0 bridgehead atoms. The summed E-state index contributed by atoms with van der Waals surface area (Å²) in [5.41, 5.74) is 3.04. The number of rotatable bonds is 9. The minimum Gasteiger partial charge on any atom is -0.493 e. The van der Waals surface area contributed by atoms with Crippen LogP contribution in [0.4, 0.5) is 0 Å². The summed E-state index contributed by atoms with van der Waals surface area (Å²) in [5.74, 6) is 0.235. The molecule has 8 nitrogen and oxygen atoms in total. The van der Waals surface area contributed by atoms with E-state index >= 15 is 0 Å². The van der Waals surface area contributed by atoms with E-state index in [1.807, 2.05) is 0 Å². The van der Waals surface area contributed by atoms with Gasteiger partial charge in [0, 0.05) is 10.0 Å². The molecule has 0 fully saturated rings. The standard InChI is InChI=1S/C24H19BrCl2N2O6/c1-32-19-8-6-14(11-21(19)33-2)24(31)35-18-9-7-16(25)10-15(18)12-28-29-22(30)13-34-20-5-3-4-17(26)23(20)27/h3-12H,13H2,1-2H3,(H,29,30). The minimum atomic E-state index is -0.612. The summed E-state index contributed by atoms with van der Waals surface area (Å²) in [4.78, 5) is 24.8. The Bertz CT molecular complexity index is 1270. The smallest absolute Gasteiger partial charge is 0.343 e. The van der Waals surface area contributed by atoms with Gasteiger partial charge in [-0.15, -0.1) is 0 Å². The van der Waals surface area contributed by atoms with Crippen molar-refractivity contribution in [2.75, 3.05) is 20.8 Å². The Kier molecular flexibility index (Phi) is 9.36. The summed E-state index contributed by atoms with van der Waals surface area (Å²) in [6, 6.07) is 14.5. The molecule has 0 spiro atoms. The van der Waals surface area contributed by atoms with Crippen LogP contribution in [0.15, 0.2) is 64.2 Å². The van der Waals surface area contributed by atoms with Gasteiger partial charge < -0.3 is 18.9 Å². The van der Waals surface area contributed by atoms with Gasteiger partial charge in [0.25, 0.3) is 5.91 Å². The fourth-order valence-electron chi connectivity index (χ4n) is 2.78. The molecule has 0 saturated heterocycles. The summed E-state index contributed by atoms with van der Waals surface area (Å²) in [6.45, 7) is -0.336. The molecule has 35 heavy (non-hydrogen) atoms. The first kappa shape index (κ1) is 26.3. The number of esters is 1. The van der Waals surface area contributed by atoms with Gasteiger partial charge in [0.2, 0.25) is 0 Å². The first-order valence-electron chi connectivity index (χ1n) is 9.95. The van der Waals surface area contributed by atoms with Gasteiger partial charge in [-0.3, -0.25) is 4.79 Å². The Morgan fingerprint density at radius 1 is 0.971 bits per heavy atom. The normalized spacial score (nSPS) is 10.7. The van der Waals surface area contributed by atoms with Crippen LogP contribution in [0.25, 0.3) is 0 Å². The predicted octanol–water partition coefficient (Wildman–Crippen LogP) is 5.52. The highest BCUT2D eigenvalue weighted by atomic mass is 79.9. The van der Waals surface area contributed by atoms with Crippen LogP contribution >= 0.6 is 39.1 Å². The molecule has 3 aromatic rings. The SMILES string of the molecule is COc1ccc(C(=O)Oc2ccc(Br)cc2C=NNC(=O)COc2cccc(Cl)c2Cl)cc1OC. The van der Waals surface area contributed by atoms with Crippen LogP contribution in [-0.2, 0) is 4.79 Å². The van der Waals surface area contributed by atoms with Crippen molar-refractivity contribution >= 4 is 57.2 Å². The number of nitrogens with one attached hydrogen (secondary N) is 1. The fraction of sp³-hybridized carbons (Fsp3) is 0.125. The Morgan fingerprint density at radius 2 is 1.71 bits per heavy atom. The van der Waals surface area contributed by atoms with Crippen molar-refractivity contribution in [3.8, 4) is 23.0 Å². The van der Waals surface area contributed by atoms with Gasteiger partial charge in [-0.05, 0) is 48.5 Å². The highest BCUT2D eigenvalue weighted by Gasteiger charge is 2.15. The molecular formula is C24H19BrCl2N2O6. The molecule has 0 aromatic heterocycles. The van der Waals surface area contributed by atoms with E-state index in [9.17, 15) is 9.59 Å². The third kappa shape index (κ3) is 7.11. The van der Waals surface area contributed by atoms with Crippen molar-refractivity contribution < 1.29 is 28.5 Å². The molecule has 0 aliphatic carbocycles. The second-order valence-electron chi connectivity index (χ2n) is 6.78. The lowest BCUT2D eigenvalue weighted by Crippen LogP contribution is -2.24. The lowest BCUT2D eigenvalue weighted by molar-refractivity contribution is -0.123. The molecule has 1 N–H and O–H groups in total. The minimum absolute atomic E-state index is 0.209. The van der Waals surface area contributed by atoms with E-state index in [0.29, 0.717) is 22.1 Å². The number of nitrogens with zero attached hydrogens (tertiary/aromatic N) is 1. The van der Waals surface area contributed by atoms with E-state index in [1.54, 1.807) is 48.5 Å². The molecule has 1 amide bonds. The summed E-state index contributed by atoms with van der Waals surface area (Å²) in [6.07, 6.45) is 1.34. The van der Waals surface area contributed by atoms with E-state index in [2.05, 4.69) is 26.5 Å². The van der Waals surface area contributed by atoms with E-state index in [4.69, 9.17) is 42.1 Å². The monoisotopic (exact) mass is 580 g/mol. The third-order valence-corrected chi connectivity index (χ3v) is 5.76. The number of methoxy groups -OCH3 is 2. The van der Waals surface area contributed by atoms with Gasteiger partial charge in [0.05, 0.1) is 31.0 Å². The second-order valence-corrected chi connectivity index (χ2v) is 8.48. The Balaban J connectivity index is 1.66. The molecule has 0 aliphatic rings. The molecule has 182 valence electrons. The molecule has 0 saturated carbocycles. The van der Waals surface area contributed by atoms with Crippen LogP contribution in [0.3, 0.4) is 0 Å². The number of benzene rings is 3. The largest absolute Gasteiger partial charge is 0.493 e. The van der Waals surface area contributed by atoms with Crippen LogP contribution in [0.2, 0.25) is 10.0 Å². The molecule has 0 radical (unpaired) electrons. The van der Waals surface area contributed by atoms with Crippen molar-refractivity contribution in [2.24, 2.45) is 5.10 Å². The molecule has 11 heteroatoms. The number of halogens is 3. The Morgan fingerprint density at radius 3 is 2.46 bits per heavy atom. The van der Waals surface area contributed by atoms with Crippen LogP contribution in [0, 0.1) is 0 Å². The van der Waals surface area contributed by atoms with E-state index in [1.165, 1.54) is 26.5 Å². The number of carbonyl (C=O) groups excluding carboxylic acids is 2. The van der Waals surface area contributed by atoms with E-state index in [0.717, 1.165) is 4.47 Å². The quantitative estimate of drug-likeness (QED) is 0.155. The van der Waals surface area contributed by atoms with Crippen LogP contribution < -0.4 is 24.4 Å². The highest BCUT2D eigenvalue weighted by molar-refractivity contribution is 9.10. The van der Waals surface area contributed by atoms with Crippen molar-refractivity contribution in [3.63, 3.8) is 0 Å². The lowest BCUT2D eigenvalue weighted by Gasteiger charge is -2.11. The molecule has 0 aliphatic heterocycles. The molecule has 3 aromatic carbocycles. The van der Waals surface area contributed by atoms with Gasteiger partial charge in [-0.2, -0.15) is 5.10 Å². The van der Waals surface area contributed by atoms with Crippen molar-refractivity contribution in [1.82, 2.24) is 5.43 Å². The number of hydrogen-bond acceptors (Lipinski definition) is 7. The average Bonchev–Trinajstić information content (AvgIpc) is 2.85. The fourth-order valence-corrected chi connectivity index (χ4v) is 3.51. The first-order valence-corrected chi connectivity index (χ1v) is 11.5. The van der Waals surface area contributed by atoms with Gasteiger partial charge in [0.15, 0.2) is 18.1 Å². The van der Waals surface area contributed by atoms with Crippen LogP contribution in [-0.4, -0.2) is 38.9 Å². The van der Waals surface area contributed by atoms with Crippen LogP contribution in [0.5, 0.6) is 23.0 Å². The van der Waals surface area contributed by atoms with Gasteiger partial charge in [-0.25, -0.2) is 10.2 Å². The summed E-state index contributed by atoms with van der Waals surface area (Å²) >= 11 is 15.3. The average molecular weight is 582 g/mol. The molecule has 0 unspecified atom stereocenters. The van der Waals surface area contributed by atoms with Crippen molar-refractivity contribution in [2.45, 2.75) is 0 Å². The predicted molar refractivity (Wildman–Crippen MR) is 136 cm³/mol. The maximum absolute atomic E-state index is 12.7. The third-order valence-electron chi connectivity index (χ3n) is 4.46. The molecule has 0 heterocycles. The summed E-state index contributed by atoms with van der Waals surface area (Å²) in [7, 11) is 2.97. The van der Waals surface area contributed by atoms with E-state index < -0.39 is 11.9 Å². The zero-order chi connectivity index (χ0) is 25.4. The maximum atomic E-state index is 12.7. The number of hydrogen-bond donors (Lipinski definition) is 1. The topological polar surface area (TPSA) is 95.5 Å². The lowest BCUT2D eigenvalue weighted by atomic mass is 10.2. The van der Waals surface area contributed by atoms with Gasteiger partial charge >= 0.3 is 5.97 Å². The zero-order valence-electron chi connectivity index (χ0n) is 18.5. The van der Waals surface area contributed by atoms with Gasteiger partial charge in [0.1, 0.15) is 16.5 Å². The molecule has 3 rings (SSSR count). The zero-order valence-corrected chi connectivity index (χ0v) is 21.6. The van der Waals surface area contributed by atoms with Crippen molar-refractivity contribution in [1.29, 1.82) is 0 Å². The number of hydrazone groups is 1. The van der Waals surface area contributed by atoms with E-state index in [-0.39, 0.29) is 28.7 Å². The second kappa shape index (κ2) is 12.4. The van der Waals surface area contributed by atoms with Gasteiger partial charge in [-0.1, -0.05) is 45.2 Å².